The van der Waals surface area contributed by atoms with Crippen molar-refractivity contribution in [1.82, 2.24) is 26.2 Å². The molecule has 5 amide bonds. The molecule has 2 heterocycles. The molecule has 3 rings (SSSR count). The molecule has 1 aliphatic carbocycles. The van der Waals surface area contributed by atoms with E-state index in [9.17, 15) is 44.4 Å². The first-order valence-electron chi connectivity index (χ1n) is 22.1. The summed E-state index contributed by atoms with van der Waals surface area (Å²) in [5.41, 5.74) is 0.455. The molecule has 12 atom stereocenters. The second-order valence-electron chi connectivity index (χ2n) is 20.9. The van der Waals surface area contributed by atoms with Gasteiger partial charge in [-0.1, -0.05) is 0 Å². The van der Waals surface area contributed by atoms with Crippen LogP contribution in [0.5, 0.6) is 0 Å². The molecule has 0 bridgehead atoms. The molecular weight excluding hydrogens is 872 g/mol. The van der Waals surface area contributed by atoms with Crippen LogP contribution in [0.15, 0.2) is 11.8 Å². The summed E-state index contributed by atoms with van der Waals surface area (Å²) in [6.07, 6.45) is -13.9. The number of nitrogens with two attached hydrogens (primary N) is 1. The number of nitrogens with zero attached hydrogens (tertiary/aromatic N) is 1. The molecule has 0 radical (unpaired) electrons. The first kappa shape index (κ1) is 56.1. The molecule has 0 unspecified atom stereocenters. The molecule has 10 N–H and O–H groups in total. The fourth-order valence-corrected chi connectivity index (χ4v) is 7.30. The number of aliphatic hydroxyl groups excluding tert-OH is 3. The zero-order chi connectivity index (χ0) is 50.3. The molecule has 0 aromatic heterocycles. The SMILES string of the molecule is CN(C(=O)OC(C)(C)C)[C@@H]1[C@@H](O)[C@@H](O[C@@H]2[C@@H](O)[C@H](O[C@H]3OC(CN)=CC[C@H]3NC(=O)OC(C)(C)C)[C@@H](NC(=O)OC(C)(C)C)C[C@H]2NC(=O)[C@H](O)CCNC(=O)OC(C)(C)C)OC[C@]1(C)O. The van der Waals surface area contributed by atoms with Crippen molar-refractivity contribution < 1.29 is 82.3 Å². The van der Waals surface area contributed by atoms with Crippen molar-refractivity contribution in [3.05, 3.63) is 11.8 Å². The van der Waals surface area contributed by atoms with Crippen molar-refractivity contribution in [2.75, 3.05) is 26.7 Å². The number of amides is 5. The minimum absolute atomic E-state index is 0.0686. The van der Waals surface area contributed by atoms with E-state index >= 15 is 0 Å². The van der Waals surface area contributed by atoms with Crippen LogP contribution in [0.4, 0.5) is 19.2 Å². The zero-order valence-electron chi connectivity index (χ0n) is 40.8. The lowest BCUT2D eigenvalue weighted by Gasteiger charge is -2.50. The number of hydrogen-bond donors (Lipinski definition) is 9. The Labute approximate surface area is 387 Å². The van der Waals surface area contributed by atoms with Crippen molar-refractivity contribution in [2.45, 2.75) is 205 Å². The van der Waals surface area contributed by atoms with Gasteiger partial charge in [-0.2, -0.15) is 0 Å². The molecule has 0 aromatic rings. The molecule has 2 fully saturated rings. The lowest BCUT2D eigenvalue weighted by Crippen LogP contribution is -2.71. The Morgan fingerprint density at radius 2 is 1.26 bits per heavy atom. The average molecular weight is 949 g/mol. The molecule has 0 spiro atoms. The Hall–Kier alpha value is -4.23. The number of hydrogen-bond acceptors (Lipinski definition) is 18. The molecule has 380 valence electrons. The van der Waals surface area contributed by atoms with Crippen molar-refractivity contribution in [3.63, 3.8) is 0 Å². The van der Waals surface area contributed by atoms with Crippen LogP contribution >= 0.6 is 0 Å². The van der Waals surface area contributed by atoms with Gasteiger partial charge in [-0.15, -0.1) is 0 Å². The van der Waals surface area contributed by atoms with Crippen LogP contribution in [-0.4, -0.2) is 178 Å². The minimum atomic E-state index is -1.88. The number of carbonyl (C=O) groups is 5. The first-order chi connectivity index (χ1) is 30.1. The molecule has 0 aromatic carbocycles. The Balaban J connectivity index is 2.08. The van der Waals surface area contributed by atoms with Gasteiger partial charge in [-0.05, 0) is 115 Å². The van der Waals surface area contributed by atoms with Crippen molar-refractivity contribution in [1.29, 1.82) is 0 Å². The summed E-state index contributed by atoms with van der Waals surface area (Å²) < 4.78 is 46.4. The van der Waals surface area contributed by atoms with Gasteiger partial charge in [0.05, 0.1) is 37.3 Å². The molecule has 23 nitrogen and oxygen atoms in total. The van der Waals surface area contributed by atoms with Gasteiger partial charge in [0.1, 0.15) is 64.3 Å². The molecular formula is C43H76N6O17. The predicted octanol–water partition coefficient (Wildman–Crippen LogP) is 1.36. The van der Waals surface area contributed by atoms with Crippen LogP contribution in [0.1, 0.15) is 109 Å². The second kappa shape index (κ2) is 22.3. The number of carbonyl (C=O) groups excluding carboxylic acids is 5. The summed E-state index contributed by atoms with van der Waals surface area (Å²) in [4.78, 5) is 66.6. The predicted molar refractivity (Wildman–Crippen MR) is 234 cm³/mol. The number of ether oxygens (including phenoxy) is 8. The largest absolute Gasteiger partial charge is 0.466 e. The fraction of sp³-hybridized carbons (Fsp3) is 0.837. The van der Waals surface area contributed by atoms with Crippen LogP contribution < -0.4 is 27.0 Å². The average Bonchev–Trinajstić information content (AvgIpc) is 3.12. The maximum Gasteiger partial charge on any atom is 0.410 e. The van der Waals surface area contributed by atoms with E-state index in [0.717, 1.165) is 4.90 Å². The number of nitrogens with one attached hydrogen (secondary N) is 4. The van der Waals surface area contributed by atoms with E-state index in [1.54, 1.807) is 89.2 Å². The fourth-order valence-electron chi connectivity index (χ4n) is 7.30. The van der Waals surface area contributed by atoms with E-state index in [1.807, 2.05) is 0 Å². The van der Waals surface area contributed by atoms with Gasteiger partial charge in [-0.25, -0.2) is 19.2 Å². The highest BCUT2D eigenvalue weighted by Crippen LogP contribution is 2.35. The van der Waals surface area contributed by atoms with Gasteiger partial charge >= 0.3 is 24.4 Å². The summed E-state index contributed by atoms with van der Waals surface area (Å²) in [6, 6.07) is -4.93. The topological polar surface area (TPSA) is 317 Å². The molecule has 1 saturated heterocycles. The third-order valence-corrected chi connectivity index (χ3v) is 9.95. The third-order valence-electron chi connectivity index (χ3n) is 9.95. The zero-order valence-corrected chi connectivity index (χ0v) is 40.8. The number of alkyl carbamates (subject to hydrolysis) is 3. The lowest BCUT2D eigenvalue weighted by atomic mass is 9.82. The third kappa shape index (κ3) is 17.4. The van der Waals surface area contributed by atoms with E-state index in [4.69, 9.17) is 43.6 Å². The van der Waals surface area contributed by atoms with Crippen LogP contribution in [0.2, 0.25) is 0 Å². The summed E-state index contributed by atoms with van der Waals surface area (Å²) in [7, 11) is 1.31. The van der Waals surface area contributed by atoms with E-state index in [0.29, 0.717) is 0 Å². The van der Waals surface area contributed by atoms with Crippen LogP contribution in [0.3, 0.4) is 0 Å². The van der Waals surface area contributed by atoms with E-state index in [2.05, 4.69) is 21.3 Å². The minimum Gasteiger partial charge on any atom is -0.466 e. The lowest BCUT2D eigenvalue weighted by molar-refractivity contribution is -0.311. The number of rotatable bonds is 13. The number of aliphatic hydroxyl groups is 4. The Morgan fingerprint density at radius 1 is 0.773 bits per heavy atom. The smallest absolute Gasteiger partial charge is 0.410 e. The standard InChI is InChI=1S/C43H76N6O17/c1-39(2,3)63-35(54)45-18-17-26(50)32(53)46-24-19-25(48-37(56)65-41(7,8)9)30(61-33-23(16-15-22(20-44)60-33)47-36(55)64-40(4,5)6)27(51)29(24)62-34-28(52)31(43(13,58)21-59-34)49(14)38(57)66-42(10,11)12/h15,23-31,33-34,50-52,58H,16-21,44H2,1-14H3,(H,45,54)(H,46,53)(H,47,55)(H,48,56)/t23-,24-,25+,26-,27-,28-,29+,30-,31-,33-,34-,43+/m1/s1. The Bertz CT molecular complexity index is 1700. The van der Waals surface area contributed by atoms with Gasteiger partial charge < -0.3 is 90.2 Å². The van der Waals surface area contributed by atoms with Crippen molar-refractivity contribution >= 4 is 30.3 Å². The highest BCUT2D eigenvalue weighted by Gasteiger charge is 2.55. The highest BCUT2D eigenvalue weighted by atomic mass is 16.7. The number of likely N-dealkylation sites (N-methyl/N-ethyl adjacent to an activating group) is 1. The maximum absolute atomic E-state index is 13.7. The quantitative estimate of drug-likeness (QED) is 0.118. The Morgan fingerprint density at radius 3 is 1.77 bits per heavy atom. The molecule has 23 heteroatoms. The van der Waals surface area contributed by atoms with Crippen LogP contribution in [0, 0.1) is 0 Å². The van der Waals surface area contributed by atoms with Crippen molar-refractivity contribution in [2.24, 2.45) is 5.73 Å². The van der Waals surface area contributed by atoms with Gasteiger partial charge in [0.25, 0.3) is 0 Å². The monoisotopic (exact) mass is 949 g/mol. The summed E-state index contributed by atoms with van der Waals surface area (Å²) >= 11 is 0. The molecule has 66 heavy (non-hydrogen) atoms. The second-order valence-corrected chi connectivity index (χ2v) is 20.9. The van der Waals surface area contributed by atoms with E-state index in [1.165, 1.54) is 14.0 Å². The van der Waals surface area contributed by atoms with E-state index in [-0.39, 0.29) is 38.1 Å². The first-order valence-corrected chi connectivity index (χ1v) is 22.1. The highest BCUT2D eigenvalue weighted by molar-refractivity contribution is 5.81. The van der Waals surface area contributed by atoms with Gasteiger partial charge in [0.2, 0.25) is 12.2 Å². The van der Waals surface area contributed by atoms with Gasteiger partial charge in [0.15, 0.2) is 6.29 Å². The normalized spacial score (nSPS) is 30.0. The van der Waals surface area contributed by atoms with E-state index < -0.39 is 132 Å². The molecule has 2 aliphatic heterocycles. The summed E-state index contributed by atoms with van der Waals surface area (Å²) in [5.74, 6) is -0.698. The van der Waals surface area contributed by atoms with Crippen LogP contribution in [-0.2, 0) is 42.7 Å². The van der Waals surface area contributed by atoms with Crippen LogP contribution in [0.25, 0.3) is 0 Å². The summed E-state index contributed by atoms with van der Waals surface area (Å²) in [5, 5.41) is 57.2. The van der Waals surface area contributed by atoms with Gasteiger partial charge in [-0.3, -0.25) is 4.79 Å². The Kier molecular flexibility index (Phi) is 18.9. The van der Waals surface area contributed by atoms with Crippen molar-refractivity contribution in [3.8, 4) is 0 Å². The molecule has 3 aliphatic rings. The van der Waals surface area contributed by atoms with Gasteiger partial charge in [0, 0.05) is 13.6 Å². The molecule has 1 saturated carbocycles. The summed E-state index contributed by atoms with van der Waals surface area (Å²) in [6.45, 7) is 20.4. The maximum atomic E-state index is 13.7.